The van der Waals surface area contributed by atoms with Crippen LogP contribution in [0.2, 0.25) is 0 Å². The van der Waals surface area contributed by atoms with Gasteiger partial charge in [0.05, 0.1) is 16.3 Å². The maximum Gasteiger partial charge on any atom is 0.119 e. The smallest absolute Gasteiger partial charge is 0.119 e. The molecule has 0 N–H and O–H groups in total. The van der Waals surface area contributed by atoms with Gasteiger partial charge in [-0.1, -0.05) is 13.8 Å². The molecule has 0 spiro atoms. The third-order valence-electron chi connectivity index (χ3n) is 4.88. The Hall–Kier alpha value is -1.07. The zero-order valence-corrected chi connectivity index (χ0v) is 16.5. The Morgan fingerprint density at radius 3 is 2.58 bits per heavy atom. The van der Waals surface area contributed by atoms with E-state index in [0.29, 0.717) is 12.0 Å². The van der Waals surface area contributed by atoms with Gasteiger partial charge in [-0.15, -0.1) is 0 Å². The fourth-order valence-electron chi connectivity index (χ4n) is 3.18. The minimum absolute atomic E-state index is 0.591. The second-order valence-corrected chi connectivity index (χ2v) is 9.84. The topological polar surface area (TPSA) is 41.9 Å². The van der Waals surface area contributed by atoms with Crippen LogP contribution in [0.4, 0.5) is 0 Å². The summed E-state index contributed by atoms with van der Waals surface area (Å²) in [6, 6.07) is 8.17. The lowest BCUT2D eigenvalue weighted by molar-refractivity contribution is 0.226. The summed E-state index contributed by atoms with van der Waals surface area (Å²) in [5.74, 6) is 2.20. The summed E-state index contributed by atoms with van der Waals surface area (Å²) in [6.45, 7) is 9.96. The number of ether oxygens (including phenoxy) is 1. The monoisotopic (exact) mass is 352 g/mol. The highest BCUT2D eigenvalue weighted by molar-refractivity contribution is 7.93. The lowest BCUT2D eigenvalue weighted by Crippen LogP contribution is -2.29. The van der Waals surface area contributed by atoms with E-state index in [1.807, 2.05) is 24.3 Å². The molecule has 3 atom stereocenters. The van der Waals surface area contributed by atoms with Crippen molar-refractivity contribution in [2.24, 2.45) is 16.2 Å². The van der Waals surface area contributed by atoms with Crippen LogP contribution in [0.15, 0.2) is 33.5 Å². The number of benzene rings is 1. The number of hydrogen-bond donors (Lipinski definition) is 0. The Kier molecular flexibility index (Phi) is 6.70. The van der Waals surface area contributed by atoms with Gasteiger partial charge in [-0.25, -0.2) is 8.57 Å². The van der Waals surface area contributed by atoms with Crippen LogP contribution in [0.1, 0.15) is 33.6 Å². The van der Waals surface area contributed by atoms with Crippen molar-refractivity contribution in [1.82, 2.24) is 4.90 Å². The lowest BCUT2D eigenvalue weighted by Gasteiger charge is -2.21. The molecule has 0 aliphatic carbocycles. The fourth-order valence-corrected chi connectivity index (χ4v) is 4.03. The average Bonchev–Trinajstić information content (AvgIpc) is 2.91. The molecular formula is C19H32N2O2S. The molecule has 0 amide bonds. The third-order valence-corrected chi connectivity index (χ3v) is 6.72. The van der Waals surface area contributed by atoms with E-state index >= 15 is 0 Å². The average molecular weight is 353 g/mol. The van der Waals surface area contributed by atoms with Crippen LogP contribution in [0.25, 0.3) is 0 Å². The SMILES string of the molecule is CN=S(C)(=O)c1ccc(OCC2CC(C)N(CCC(C)C)C2)cc1. The zero-order valence-electron chi connectivity index (χ0n) is 15.7. The molecule has 1 aromatic carbocycles. The van der Waals surface area contributed by atoms with Crippen molar-refractivity contribution in [3.05, 3.63) is 24.3 Å². The second-order valence-electron chi connectivity index (χ2n) is 7.40. The molecular weight excluding hydrogens is 320 g/mol. The van der Waals surface area contributed by atoms with Crippen LogP contribution in [0.3, 0.4) is 0 Å². The zero-order chi connectivity index (χ0) is 17.7. The molecule has 0 saturated carbocycles. The van der Waals surface area contributed by atoms with Gasteiger partial charge >= 0.3 is 0 Å². The summed E-state index contributed by atoms with van der Waals surface area (Å²) in [6.07, 6.45) is 4.13. The molecule has 24 heavy (non-hydrogen) atoms. The normalized spacial score (nSPS) is 24.1. The molecule has 1 aromatic rings. The van der Waals surface area contributed by atoms with E-state index in [2.05, 4.69) is 30.0 Å². The van der Waals surface area contributed by atoms with Gasteiger partial charge < -0.3 is 9.64 Å². The minimum atomic E-state index is -2.26. The Morgan fingerprint density at radius 1 is 1.33 bits per heavy atom. The predicted octanol–water partition coefficient (Wildman–Crippen LogP) is 3.91. The summed E-state index contributed by atoms with van der Waals surface area (Å²) in [5, 5.41) is 0. The van der Waals surface area contributed by atoms with Crippen molar-refractivity contribution in [3.63, 3.8) is 0 Å². The highest BCUT2D eigenvalue weighted by Crippen LogP contribution is 2.25. The summed E-state index contributed by atoms with van der Waals surface area (Å²) in [5.41, 5.74) is 0. The quantitative estimate of drug-likeness (QED) is 0.747. The van der Waals surface area contributed by atoms with Crippen LogP contribution in [-0.2, 0) is 9.73 Å². The molecule has 1 fully saturated rings. The van der Waals surface area contributed by atoms with Gasteiger partial charge in [0.1, 0.15) is 5.75 Å². The van der Waals surface area contributed by atoms with Gasteiger partial charge in [0.25, 0.3) is 0 Å². The van der Waals surface area contributed by atoms with E-state index in [0.717, 1.165) is 29.7 Å². The van der Waals surface area contributed by atoms with Crippen LogP contribution in [0.5, 0.6) is 5.75 Å². The first-order valence-electron chi connectivity index (χ1n) is 8.89. The highest BCUT2D eigenvalue weighted by Gasteiger charge is 2.29. The van der Waals surface area contributed by atoms with Gasteiger partial charge in [-0.3, -0.25) is 0 Å². The lowest BCUT2D eigenvalue weighted by atomic mass is 10.1. The van der Waals surface area contributed by atoms with E-state index < -0.39 is 9.73 Å². The number of hydrogen-bond acceptors (Lipinski definition) is 4. The van der Waals surface area contributed by atoms with E-state index in [-0.39, 0.29) is 0 Å². The molecule has 4 nitrogen and oxygen atoms in total. The van der Waals surface area contributed by atoms with Gasteiger partial charge in [0.15, 0.2) is 0 Å². The molecule has 5 heteroatoms. The van der Waals surface area contributed by atoms with E-state index in [1.165, 1.54) is 19.4 Å². The highest BCUT2D eigenvalue weighted by atomic mass is 32.2. The van der Waals surface area contributed by atoms with Gasteiger partial charge in [0.2, 0.25) is 0 Å². The van der Waals surface area contributed by atoms with Crippen molar-refractivity contribution in [3.8, 4) is 5.75 Å². The van der Waals surface area contributed by atoms with Crippen molar-refractivity contribution in [2.45, 2.75) is 44.6 Å². The molecule has 1 heterocycles. The molecule has 1 saturated heterocycles. The van der Waals surface area contributed by atoms with Crippen LogP contribution in [0, 0.1) is 11.8 Å². The van der Waals surface area contributed by atoms with Crippen LogP contribution in [-0.4, -0.2) is 48.2 Å². The summed E-state index contributed by atoms with van der Waals surface area (Å²) < 4.78 is 22.1. The third kappa shape index (κ3) is 5.21. The summed E-state index contributed by atoms with van der Waals surface area (Å²) >= 11 is 0. The first kappa shape index (κ1) is 19.3. The van der Waals surface area contributed by atoms with Crippen LogP contribution < -0.4 is 4.74 Å². The van der Waals surface area contributed by atoms with E-state index in [1.54, 1.807) is 13.3 Å². The predicted molar refractivity (Wildman–Crippen MR) is 101 cm³/mol. The Morgan fingerprint density at radius 2 is 2.00 bits per heavy atom. The van der Waals surface area contributed by atoms with Crippen molar-refractivity contribution >= 4 is 9.73 Å². The largest absolute Gasteiger partial charge is 0.493 e. The number of likely N-dealkylation sites (tertiary alicyclic amines) is 1. The van der Waals surface area contributed by atoms with E-state index in [4.69, 9.17) is 4.74 Å². The first-order chi connectivity index (χ1) is 11.3. The summed E-state index contributed by atoms with van der Waals surface area (Å²) in [7, 11) is -0.665. The maximum absolute atomic E-state index is 12.2. The number of nitrogens with zero attached hydrogens (tertiary/aromatic N) is 2. The molecule has 1 aliphatic rings. The standard InChI is InChI=1S/C19H32N2O2S/c1-15(2)10-11-21-13-17(12-16(21)3)14-23-18-6-8-19(9-7-18)24(5,22)20-4/h6-9,15-17H,10-14H2,1-5H3. The molecule has 1 aliphatic heterocycles. The molecule has 0 radical (unpaired) electrons. The molecule has 3 unspecified atom stereocenters. The van der Waals surface area contributed by atoms with Crippen molar-refractivity contribution in [1.29, 1.82) is 0 Å². The fraction of sp³-hybridized carbons (Fsp3) is 0.684. The van der Waals surface area contributed by atoms with Crippen LogP contribution >= 0.6 is 0 Å². The molecule has 0 bridgehead atoms. The Balaban J connectivity index is 1.85. The Labute approximate surface area is 147 Å². The van der Waals surface area contributed by atoms with Crippen molar-refractivity contribution in [2.75, 3.05) is 33.0 Å². The van der Waals surface area contributed by atoms with E-state index in [9.17, 15) is 4.21 Å². The molecule has 0 aromatic heterocycles. The first-order valence-corrected chi connectivity index (χ1v) is 10.8. The molecule has 2 rings (SSSR count). The maximum atomic E-state index is 12.2. The number of rotatable bonds is 7. The van der Waals surface area contributed by atoms with Crippen molar-refractivity contribution < 1.29 is 8.95 Å². The van der Waals surface area contributed by atoms with Gasteiger partial charge in [-0.2, -0.15) is 0 Å². The molecule has 136 valence electrons. The Bertz CT molecular complexity index is 633. The van der Waals surface area contributed by atoms with Gasteiger partial charge in [0, 0.05) is 36.7 Å². The van der Waals surface area contributed by atoms with Gasteiger partial charge in [-0.05, 0) is 56.5 Å². The second kappa shape index (κ2) is 8.34. The minimum Gasteiger partial charge on any atom is -0.493 e. The summed E-state index contributed by atoms with van der Waals surface area (Å²) in [4.78, 5) is 3.35.